The van der Waals surface area contributed by atoms with Crippen LogP contribution in [0, 0.1) is 5.41 Å². The van der Waals surface area contributed by atoms with E-state index in [1.807, 2.05) is 42.0 Å². The van der Waals surface area contributed by atoms with Gasteiger partial charge in [0.05, 0.1) is 24.0 Å². The van der Waals surface area contributed by atoms with Crippen molar-refractivity contribution in [3.63, 3.8) is 0 Å². The molecule has 1 fully saturated rings. The number of hydrogen-bond acceptors (Lipinski definition) is 9. The maximum atomic E-state index is 9.27. The lowest BCUT2D eigenvalue weighted by atomic mass is 10.1. The van der Waals surface area contributed by atoms with Crippen LogP contribution in [0.15, 0.2) is 65.0 Å². The number of hydrogen-bond donors (Lipinski definition) is 3. The molecule has 9 nitrogen and oxygen atoms in total. The molecule has 0 unspecified atom stereocenters. The van der Waals surface area contributed by atoms with Gasteiger partial charge in [-0.3, -0.25) is 14.3 Å². The molecule has 10 heteroatoms. The van der Waals surface area contributed by atoms with E-state index in [2.05, 4.69) is 43.5 Å². The average Bonchev–Trinajstić information content (AvgIpc) is 3.14. The van der Waals surface area contributed by atoms with Crippen LogP contribution in [0.3, 0.4) is 0 Å². The molecule has 0 saturated carbocycles. The third-order valence-corrected chi connectivity index (χ3v) is 7.33. The largest absolute Gasteiger partial charge is 0.395 e. The Balaban J connectivity index is 1.40. The van der Waals surface area contributed by atoms with Crippen LogP contribution in [0.25, 0.3) is 22.1 Å². The fraction of sp³-hybridized carbons (Fsp3) is 0.308. The van der Waals surface area contributed by atoms with Crippen molar-refractivity contribution >= 4 is 45.8 Å². The highest BCUT2D eigenvalue weighted by Gasteiger charge is 2.16. The van der Waals surface area contributed by atoms with Gasteiger partial charge in [-0.1, -0.05) is 0 Å². The van der Waals surface area contributed by atoms with E-state index in [9.17, 15) is 5.11 Å². The maximum absolute atomic E-state index is 9.27. The van der Waals surface area contributed by atoms with Crippen LogP contribution in [-0.4, -0.2) is 82.2 Å². The second kappa shape index (κ2) is 11.1. The molecular formula is C26H30N8OS. The molecule has 0 radical (unpaired) electrons. The number of nitrogens with one attached hydrogen (secondary N) is 2. The smallest absolute Gasteiger partial charge is 0.200 e. The minimum atomic E-state index is 0.205. The highest BCUT2D eigenvalue weighted by Crippen LogP contribution is 2.31. The lowest BCUT2D eigenvalue weighted by Crippen LogP contribution is -2.32. The zero-order valence-electron chi connectivity index (χ0n) is 20.3. The summed E-state index contributed by atoms with van der Waals surface area (Å²) < 4.78 is 1.96. The maximum Gasteiger partial charge on any atom is 0.200 e. The molecular weight excluding hydrogens is 472 g/mol. The predicted octanol–water partition coefficient (Wildman–Crippen LogP) is 3.14. The van der Waals surface area contributed by atoms with Crippen molar-refractivity contribution in [2.24, 2.45) is 0 Å². The quantitative estimate of drug-likeness (QED) is 0.316. The molecule has 0 bridgehead atoms. The van der Waals surface area contributed by atoms with E-state index in [4.69, 9.17) is 10.4 Å². The first kappa shape index (κ1) is 24.2. The molecule has 1 aliphatic rings. The van der Waals surface area contributed by atoms with Gasteiger partial charge in [0.2, 0.25) is 0 Å². The lowest BCUT2D eigenvalue weighted by molar-refractivity contribution is 0.204. The van der Waals surface area contributed by atoms with Gasteiger partial charge in [0, 0.05) is 73.3 Å². The van der Waals surface area contributed by atoms with E-state index < -0.39 is 0 Å². The predicted molar refractivity (Wildman–Crippen MR) is 145 cm³/mol. The molecule has 3 N–H and O–H groups in total. The van der Waals surface area contributed by atoms with Crippen LogP contribution < -0.4 is 10.2 Å². The highest BCUT2D eigenvalue weighted by molar-refractivity contribution is 7.99. The van der Waals surface area contributed by atoms with E-state index in [1.54, 1.807) is 18.0 Å². The number of aliphatic hydroxyl groups excluding tert-OH is 1. The standard InChI is InChI=1S/C26H30N8OS/c1-28-16-21(15-27)19-3-6-25-30-31-26(34(25)18-19)36-23-4-5-24-20(14-23)13-22(17-29-24)33-8-2-7-32(9-10-33)11-12-35/h3-6,13-18,27-28,35H,2,7-12H2,1H3/b21-16+,27-15?. The fourth-order valence-corrected chi connectivity index (χ4v) is 5.37. The first-order valence-corrected chi connectivity index (χ1v) is 12.9. The Morgan fingerprint density at radius 1 is 1.14 bits per heavy atom. The summed E-state index contributed by atoms with van der Waals surface area (Å²) in [7, 11) is 1.82. The molecule has 186 valence electrons. The SMILES string of the molecule is CN/C=C(\C=N)c1ccc2nnc(Sc3ccc4ncc(N5CCCN(CCO)CC5)cc4c3)n2c1. The third kappa shape index (κ3) is 5.20. The van der Waals surface area contributed by atoms with E-state index in [0.717, 1.165) is 82.6 Å². The topological polar surface area (TPSA) is 106 Å². The molecule has 1 saturated heterocycles. The Labute approximate surface area is 214 Å². The molecule has 1 aliphatic heterocycles. The van der Waals surface area contributed by atoms with Gasteiger partial charge in [0.15, 0.2) is 10.8 Å². The zero-order chi connectivity index (χ0) is 24.9. The van der Waals surface area contributed by atoms with Crippen molar-refractivity contribution in [2.45, 2.75) is 16.5 Å². The molecule has 4 aromatic rings. The summed E-state index contributed by atoms with van der Waals surface area (Å²) in [5.74, 6) is 0. The van der Waals surface area contributed by atoms with Gasteiger partial charge < -0.3 is 20.7 Å². The van der Waals surface area contributed by atoms with Crippen molar-refractivity contribution in [3.05, 3.63) is 60.6 Å². The van der Waals surface area contributed by atoms with Crippen LogP contribution in [0.4, 0.5) is 5.69 Å². The molecule has 3 aromatic heterocycles. The van der Waals surface area contributed by atoms with Gasteiger partial charge >= 0.3 is 0 Å². The summed E-state index contributed by atoms with van der Waals surface area (Å²) >= 11 is 1.56. The second-order valence-electron chi connectivity index (χ2n) is 8.72. The van der Waals surface area contributed by atoms with Gasteiger partial charge in [0.25, 0.3) is 0 Å². The Morgan fingerprint density at radius 2 is 2.06 bits per heavy atom. The van der Waals surface area contributed by atoms with E-state index in [1.165, 1.54) is 6.21 Å². The normalized spacial score (nSPS) is 15.4. The van der Waals surface area contributed by atoms with Crippen molar-refractivity contribution in [2.75, 3.05) is 51.3 Å². The van der Waals surface area contributed by atoms with Gasteiger partial charge in [-0.25, -0.2) is 0 Å². The molecule has 1 aromatic carbocycles. The first-order chi connectivity index (χ1) is 17.7. The molecule has 4 heterocycles. The third-order valence-electron chi connectivity index (χ3n) is 6.38. The van der Waals surface area contributed by atoms with Crippen molar-refractivity contribution < 1.29 is 5.11 Å². The minimum Gasteiger partial charge on any atom is -0.395 e. The molecule has 0 amide bonds. The molecule has 0 aliphatic carbocycles. The van der Waals surface area contributed by atoms with E-state index in [0.29, 0.717) is 0 Å². The number of β-amino-alcohol motifs (C(OH)–C–C–N with tert-alkyl or cyclic N) is 1. The molecule has 5 rings (SSSR count). The van der Waals surface area contributed by atoms with Gasteiger partial charge in [-0.15, -0.1) is 10.2 Å². The number of aromatic nitrogens is 4. The van der Waals surface area contributed by atoms with Crippen molar-refractivity contribution in [1.29, 1.82) is 5.41 Å². The number of pyridine rings is 2. The molecule has 0 spiro atoms. The number of benzene rings is 1. The van der Waals surface area contributed by atoms with E-state index in [-0.39, 0.29) is 6.61 Å². The first-order valence-electron chi connectivity index (χ1n) is 12.1. The number of nitrogens with zero attached hydrogens (tertiary/aromatic N) is 6. The van der Waals surface area contributed by atoms with E-state index >= 15 is 0 Å². The van der Waals surface area contributed by atoms with Crippen LogP contribution in [0.5, 0.6) is 0 Å². The Hall–Kier alpha value is -3.47. The van der Waals surface area contributed by atoms with Gasteiger partial charge in [-0.05, 0) is 61.1 Å². The van der Waals surface area contributed by atoms with Crippen LogP contribution in [-0.2, 0) is 0 Å². The Morgan fingerprint density at radius 3 is 2.89 bits per heavy atom. The van der Waals surface area contributed by atoms with Crippen LogP contribution >= 0.6 is 11.8 Å². The summed E-state index contributed by atoms with van der Waals surface area (Å²) in [6.07, 6.45) is 8.13. The van der Waals surface area contributed by atoms with Gasteiger partial charge in [0.1, 0.15) is 0 Å². The number of rotatable bonds is 8. The minimum absolute atomic E-state index is 0.205. The van der Waals surface area contributed by atoms with Crippen LogP contribution in [0.2, 0.25) is 0 Å². The Kier molecular flexibility index (Phi) is 7.45. The zero-order valence-corrected chi connectivity index (χ0v) is 21.1. The number of fused-ring (bicyclic) bond motifs is 2. The lowest BCUT2D eigenvalue weighted by Gasteiger charge is -2.23. The Bertz CT molecular complexity index is 1400. The highest BCUT2D eigenvalue weighted by atomic mass is 32.2. The van der Waals surface area contributed by atoms with Crippen molar-refractivity contribution in [3.8, 4) is 0 Å². The number of aliphatic hydroxyl groups is 1. The fourth-order valence-electron chi connectivity index (χ4n) is 4.51. The summed E-state index contributed by atoms with van der Waals surface area (Å²) in [4.78, 5) is 10.5. The monoisotopic (exact) mass is 502 g/mol. The number of anilines is 1. The summed E-state index contributed by atoms with van der Waals surface area (Å²) in [5.41, 5.74) is 4.54. The average molecular weight is 503 g/mol. The van der Waals surface area contributed by atoms with Crippen LogP contribution in [0.1, 0.15) is 12.0 Å². The number of allylic oxidation sites excluding steroid dienone is 1. The molecule has 36 heavy (non-hydrogen) atoms. The second-order valence-corrected chi connectivity index (χ2v) is 9.76. The molecule has 0 atom stereocenters. The van der Waals surface area contributed by atoms with Crippen molar-refractivity contribution in [1.82, 2.24) is 29.8 Å². The summed E-state index contributed by atoms with van der Waals surface area (Å²) in [6, 6.07) is 12.3. The van der Waals surface area contributed by atoms with Gasteiger partial charge in [-0.2, -0.15) is 0 Å². The summed E-state index contributed by atoms with van der Waals surface area (Å²) in [6.45, 7) is 4.81. The summed E-state index contributed by atoms with van der Waals surface area (Å²) in [5, 5.41) is 30.5.